The highest BCUT2D eigenvalue weighted by molar-refractivity contribution is 7.21. The maximum absolute atomic E-state index is 12.4. The van der Waals surface area contributed by atoms with Crippen molar-refractivity contribution in [2.24, 2.45) is 5.73 Å². The lowest BCUT2D eigenvalue weighted by molar-refractivity contribution is -0.0428. The Morgan fingerprint density at radius 2 is 2.04 bits per heavy atom. The highest BCUT2D eigenvalue weighted by Gasteiger charge is 2.32. The van der Waals surface area contributed by atoms with Crippen molar-refractivity contribution in [3.8, 4) is 0 Å². The van der Waals surface area contributed by atoms with E-state index in [4.69, 9.17) is 15.2 Å². The molecule has 0 unspecified atom stereocenters. The third-order valence-corrected chi connectivity index (χ3v) is 5.10. The molecule has 0 spiro atoms. The molecule has 7 heteroatoms. The van der Waals surface area contributed by atoms with Crippen LogP contribution in [0.3, 0.4) is 0 Å². The SMILES string of the molecule is CC(C)(C)OC(=O)N1CCO[C@H](c2c(C(N)=O)sc3ccccc23)C1. The number of nitrogens with zero attached hydrogens (tertiary/aromatic N) is 1. The van der Waals surface area contributed by atoms with Gasteiger partial charge in [0.15, 0.2) is 0 Å². The van der Waals surface area contributed by atoms with Crippen LogP contribution in [-0.2, 0) is 9.47 Å². The van der Waals surface area contributed by atoms with Crippen LogP contribution in [0.4, 0.5) is 4.79 Å². The Labute approximate surface area is 150 Å². The largest absolute Gasteiger partial charge is 0.444 e. The van der Waals surface area contributed by atoms with E-state index >= 15 is 0 Å². The average molecular weight is 362 g/mol. The van der Waals surface area contributed by atoms with E-state index < -0.39 is 17.6 Å². The Balaban J connectivity index is 1.91. The standard InChI is InChI=1S/C18H22N2O4S/c1-18(2,3)24-17(22)20-8-9-23-12(10-20)14-11-6-4-5-7-13(11)25-15(14)16(19)21/h4-7,12H,8-10H2,1-3H3,(H2,19,21)/t12-/m0/s1. The lowest BCUT2D eigenvalue weighted by atomic mass is 10.0. The van der Waals surface area contributed by atoms with Gasteiger partial charge >= 0.3 is 6.09 Å². The van der Waals surface area contributed by atoms with Gasteiger partial charge in [0.2, 0.25) is 0 Å². The van der Waals surface area contributed by atoms with Crippen LogP contribution in [0.25, 0.3) is 10.1 Å². The summed E-state index contributed by atoms with van der Waals surface area (Å²) in [4.78, 5) is 26.4. The number of carbonyl (C=O) groups excluding carboxylic acids is 2. The Bertz CT molecular complexity index is 809. The highest BCUT2D eigenvalue weighted by atomic mass is 32.1. The predicted octanol–water partition coefficient (Wildman–Crippen LogP) is 3.31. The smallest absolute Gasteiger partial charge is 0.410 e. The van der Waals surface area contributed by atoms with Crippen LogP contribution < -0.4 is 5.73 Å². The molecule has 2 aromatic rings. The van der Waals surface area contributed by atoms with Crippen LogP contribution in [0.2, 0.25) is 0 Å². The molecule has 3 rings (SSSR count). The van der Waals surface area contributed by atoms with E-state index in [-0.39, 0.29) is 6.09 Å². The van der Waals surface area contributed by atoms with Gasteiger partial charge in [0.25, 0.3) is 5.91 Å². The number of nitrogens with two attached hydrogens (primary N) is 1. The monoisotopic (exact) mass is 362 g/mol. The zero-order valence-corrected chi connectivity index (χ0v) is 15.4. The molecule has 1 fully saturated rings. The Morgan fingerprint density at radius 1 is 1.32 bits per heavy atom. The molecule has 1 aromatic heterocycles. The fourth-order valence-electron chi connectivity index (χ4n) is 2.88. The molecule has 0 bridgehead atoms. The number of fused-ring (bicyclic) bond motifs is 1. The first kappa shape index (κ1) is 17.7. The molecule has 25 heavy (non-hydrogen) atoms. The maximum atomic E-state index is 12.4. The van der Waals surface area contributed by atoms with Gasteiger partial charge in [0.1, 0.15) is 11.7 Å². The molecular weight excluding hydrogens is 340 g/mol. The molecule has 6 nitrogen and oxygen atoms in total. The molecule has 0 radical (unpaired) electrons. The van der Waals surface area contributed by atoms with Crippen molar-refractivity contribution in [3.05, 3.63) is 34.7 Å². The van der Waals surface area contributed by atoms with Crippen molar-refractivity contribution < 1.29 is 19.1 Å². The topological polar surface area (TPSA) is 81.9 Å². The quantitative estimate of drug-likeness (QED) is 0.888. The molecule has 1 aliphatic rings. The van der Waals surface area contributed by atoms with E-state index in [2.05, 4.69) is 0 Å². The number of amides is 2. The number of morpholine rings is 1. The molecular formula is C18H22N2O4S. The zero-order chi connectivity index (χ0) is 18.2. The van der Waals surface area contributed by atoms with Crippen molar-refractivity contribution in [1.82, 2.24) is 4.90 Å². The molecule has 1 aliphatic heterocycles. The van der Waals surface area contributed by atoms with Crippen LogP contribution >= 0.6 is 11.3 Å². The molecule has 1 aromatic carbocycles. The van der Waals surface area contributed by atoms with E-state index in [1.54, 1.807) is 4.90 Å². The first-order valence-corrected chi connectivity index (χ1v) is 8.98. The van der Waals surface area contributed by atoms with Crippen molar-refractivity contribution in [2.45, 2.75) is 32.5 Å². The summed E-state index contributed by atoms with van der Waals surface area (Å²) in [6.07, 6.45) is -0.777. The van der Waals surface area contributed by atoms with Gasteiger partial charge in [-0.2, -0.15) is 0 Å². The first-order valence-electron chi connectivity index (χ1n) is 8.17. The number of rotatable bonds is 2. The number of primary amides is 1. The molecule has 1 atom stereocenters. The van der Waals surface area contributed by atoms with Crippen molar-refractivity contribution >= 4 is 33.4 Å². The van der Waals surface area contributed by atoms with Crippen LogP contribution in [0.1, 0.15) is 42.1 Å². The summed E-state index contributed by atoms with van der Waals surface area (Å²) in [7, 11) is 0. The van der Waals surface area contributed by atoms with Gasteiger partial charge in [0.05, 0.1) is 18.0 Å². The summed E-state index contributed by atoms with van der Waals surface area (Å²) in [5, 5.41) is 0.942. The zero-order valence-electron chi connectivity index (χ0n) is 14.6. The molecule has 2 heterocycles. The number of hydrogen-bond acceptors (Lipinski definition) is 5. The molecule has 2 N–H and O–H groups in total. The maximum Gasteiger partial charge on any atom is 0.410 e. The van der Waals surface area contributed by atoms with Crippen molar-refractivity contribution in [1.29, 1.82) is 0 Å². The average Bonchev–Trinajstić information content (AvgIpc) is 2.93. The second-order valence-electron chi connectivity index (χ2n) is 6.99. The summed E-state index contributed by atoms with van der Waals surface area (Å²) in [6.45, 7) is 6.67. The van der Waals surface area contributed by atoms with E-state index in [1.807, 2.05) is 45.0 Å². The summed E-state index contributed by atoms with van der Waals surface area (Å²) < 4.78 is 12.3. The fraction of sp³-hybridized carbons (Fsp3) is 0.444. The lowest BCUT2D eigenvalue weighted by Gasteiger charge is -2.34. The second-order valence-corrected chi connectivity index (χ2v) is 8.04. The minimum atomic E-state index is -0.557. The van der Waals surface area contributed by atoms with Crippen LogP contribution in [0.5, 0.6) is 0 Å². The number of benzene rings is 1. The molecule has 0 aliphatic carbocycles. The minimum absolute atomic E-state index is 0.329. The number of carbonyl (C=O) groups is 2. The van der Waals surface area contributed by atoms with E-state index in [9.17, 15) is 9.59 Å². The molecule has 2 amide bonds. The van der Waals surface area contributed by atoms with Gasteiger partial charge in [-0.05, 0) is 32.2 Å². The minimum Gasteiger partial charge on any atom is -0.444 e. The Kier molecular flexibility index (Phi) is 4.71. The van der Waals surface area contributed by atoms with Gasteiger partial charge in [0, 0.05) is 16.8 Å². The Morgan fingerprint density at radius 3 is 2.72 bits per heavy atom. The second kappa shape index (κ2) is 6.65. The summed E-state index contributed by atoms with van der Waals surface area (Å²) >= 11 is 1.36. The third kappa shape index (κ3) is 3.77. The molecule has 1 saturated heterocycles. The van der Waals surface area contributed by atoms with Gasteiger partial charge in [-0.3, -0.25) is 4.79 Å². The number of thiophene rings is 1. The summed E-state index contributed by atoms with van der Waals surface area (Å²) in [5.41, 5.74) is 5.78. The van der Waals surface area contributed by atoms with E-state index in [0.29, 0.717) is 24.6 Å². The van der Waals surface area contributed by atoms with Gasteiger partial charge in [-0.15, -0.1) is 11.3 Å². The van der Waals surface area contributed by atoms with Gasteiger partial charge in [-0.25, -0.2) is 4.79 Å². The predicted molar refractivity (Wildman–Crippen MR) is 96.8 cm³/mol. The highest BCUT2D eigenvalue weighted by Crippen LogP contribution is 2.38. The summed E-state index contributed by atoms with van der Waals surface area (Å²) in [6, 6.07) is 7.73. The Hall–Kier alpha value is -2.12. The number of hydrogen-bond donors (Lipinski definition) is 1. The molecule has 0 saturated carbocycles. The van der Waals surface area contributed by atoms with Gasteiger partial charge < -0.3 is 20.1 Å². The van der Waals surface area contributed by atoms with E-state index in [1.165, 1.54) is 11.3 Å². The first-order chi connectivity index (χ1) is 11.8. The van der Waals surface area contributed by atoms with Crippen LogP contribution in [-0.4, -0.2) is 42.2 Å². The lowest BCUT2D eigenvalue weighted by Crippen LogP contribution is -2.44. The van der Waals surface area contributed by atoms with Crippen LogP contribution in [0, 0.1) is 0 Å². The van der Waals surface area contributed by atoms with Gasteiger partial charge in [-0.1, -0.05) is 18.2 Å². The fourth-order valence-corrected chi connectivity index (χ4v) is 3.99. The van der Waals surface area contributed by atoms with Crippen LogP contribution in [0.15, 0.2) is 24.3 Å². The van der Waals surface area contributed by atoms with E-state index in [0.717, 1.165) is 15.6 Å². The summed E-state index contributed by atoms with van der Waals surface area (Å²) in [5.74, 6) is -0.478. The number of ether oxygens (including phenoxy) is 2. The molecule has 134 valence electrons. The normalized spacial score (nSPS) is 18.4. The van der Waals surface area contributed by atoms with Crippen molar-refractivity contribution in [3.63, 3.8) is 0 Å². The third-order valence-electron chi connectivity index (χ3n) is 3.90. The van der Waals surface area contributed by atoms with Crippen molar-refractivity contribution in [2.75, 3.05) is 19.7 Å².